The lowest BCUT2D eigenvalue weighted by Gasteiger charge is -2.25. The molecule has 0 spiro atoms. The summed E-state index contributed by atoms with van der Waals surface area (Å²) in [4.78, 5) is 15.1. The Labute approximate surface area is 154 Å². The maximum atomic E-state index is 13.1. The lowest BCUT2D eigenvalue weighted by atomic mass is 10.0. The van der Waals surface area contributed by atoms with Crippen molar-refractivity contribution in [2.75, 3.05) is 25.5 Å². The number of hydrogen-bond acceptors (Lipinski definition) is 3. The molecule has 2 heterocycles. The first-order valence-corrected chi connectivity index (χ1v) is 8.58. The van der Waals surface area contributed by atoms with Gasteiger partial charge in [0.15, 0.2) is 0 Å². The zero-order valence-corrected chi connectivity index (χ0v) is 15.1. The molecule has 0 aromatic heterocycles. The van der Waals surface area contributed by atoms with Crippen LogP contribution in [0.5, 0.6) is 5.75 Å². The number of anilines is 1. The Kier molecular flexibility index (Phi) is 5.19. The Bertz CT molecular complexity index is 778. The van der Waals surface area contributed by atoms with E-state index >= 15 is 0 Å². The van der Waals surface area contributed by atoms with E-state index in [1.165, 1.54) is 5.56 Å². The molecule has 0 bridgehead atoms. The number of hydrogen-bond donors (Lipinski definition) is 1. The average molecular weight is 359 g/mol. The second-order valence-corrected chi connectivity index (χ2v) is 6.48. The normalized spacial score (nSPS) is 18.3. The summed E-state index contributed by atoms with van der Waals surface area (Å²) in [6.07, 6.45) is 3.04. The van der Waals surface area contributed by atoms with Gasteiger partial charge in [-0.1, -0.05) is 12.1 Å². The van der Waals surface area contributed by atoms with Crippen LogP contribution in [0.4, 0.5) is 5.69 Å². The van der Waals surface area contributed by atoms with Crippen molar-refractivity contribution in [3.8, 4) is 5.75 Å². The van der Waals surface area contributed by atoms with Gasteiger partial charge in [-0.15, -0.1) is 12.4 Å². The van der Waals surface area contributed by atoms with Gasteiger partial charge in [0.05, 0.1) is 13.2 Å². The van der Waals surface area contributed by atoms with E-state index in [9.17, 15) is 4.79 Å². The minimum Gasteiger partial charge on any atom is -0.497 e. The highest BCUT2D eigenvalue weighted by Gasteiger charge is 2.31. The summed E-state index contributed by atoms with van der Waals surface area (Å²) < 4.78 is 5.33. The summed E-state index contributed by atoms with van der Waals surface area (Å²) in [5.74, 6) is 0.977. The van der Waals surface area contributed by atoms with Crippen molar-refractivity contribution in [2.45, 2.75) is 25.3 Å². The van der Waals surface area contributed by atoms with Gasteiger partial charge >= 0.3 is 0 Å². The number of carbonyl (C=O) groups is 1. The quantitative estimate of drug-likeness (QED) is 0.899. The molecule has 0 saturated carbocycles. The summed E-state index contributed by atoms with van der Waals surface area (Å²) in [5, 5.41) is 3.34. The average Bonchev–Trinajstić information content (AvgIpc) is 3.29. The number of rotatable bonds is 3. The molecule has 4 rings (SSSR count). The molecular weight excluding hydrogens is 336 g/mol. The lowest BCUT2D eigenvalue weighted by molar-refractivity contribution is 0.0735. The summed E-state index contributed by atoms with van der Waals surface area (Å²) in [7, 11) is 1.68. The van der Waals surface area contributed by atoms with E-state index in [4.69, 9.17) is 4.74 Å². The van der Waals surface area contributed by atoms with Crippen molar-refractivity contribution in [3.63, 3.8) is 0 Å². The topological polar surface area (TPSA) is 41.6 Å². The molecule has 4 nitrogen and oxygen atoms in total. The molecule has 1 amide bonds. The van der Waals surface area contributed by atoms with Crippen molar-refractivity contribution in [1.82, 2.24) is 4.90 Å². The second kappa shape index (κ2) is 7.36. The van der Waals surface area contributed by atoms with Crippen LogP contribution < -0.4 is 10.1 Å². The van der Waals surface area contributed by atoms with E-state index in [1.807, 2.05) is 35.2 Å². The largest absolute Gasteiger partial charge is 0.497 e. The fourth-order valence-corrected chi connectivity index (χ4v) is 3.81. The number of nitrogens with zero attached hydrogens (tertiary/aromatic N) is 1. The third-order valence-corrected chi connectivity index (χ3v) is 5.05. The molecule has 1 saturated heterocycles. The molecule has 2 aromatic carbocycles. The van der Waals surface area contributed by atoms with E-state index in [2.05, 4.69) is 17.4 Å². The number of ether oxygens (including phenoxy) is 1. The summed E-state index contributed by atoms with van der Waals surface area (Å²) in [6, 6.07) is 14.2. The van der Waals surface area contributed by atoms with Gasteiger partial charge in [0.2, 0.25) is 0 Å². The fourth-order valence-electron chi connectivity index (χ4n) is 3.81. The van der Waals surface area contributed by atoms with E-state index < -0.39 is 0 Å². The van der Waals surface area contributed by atoms with Crippen LogP contribution in [0.15, 0.2) is 42.5 Å². The van der Waals surface area contributed by atoms with Gasteiger partial charge in [-0.25, -0.2) is 0 Å². The second-order valence-electron chi connectivity index (χ2n) is 6.48. The number of amides is 1. The molecule has 0 radical (unpaired) electrons. The van der Waals surface area contributed by atoms with Gasteiger partial charge in [-0.2, -0.15) is 0 Å². The van der Waals surface area contributed by atoms with E-state index in [1.54, 1.807) is 7.11 Å². The Hall–Kier alpha value is -2.20. The Morgan fingerprint density at radius 1 is 1.24 bits per heavy atom. The number of carbonyl (C=O) groups excluding carboxylic acids is 1. The van der Waals surface area contributed by atoms with Gasteiger partial charge in [0.1, 0.15) is 5.75 Å². The van der Waals surface area contributed by atoms with Crippen LogP contribution in [0, 0.1) is 0 Å². The molecule has 5 heteroatoms. The van der Waals surface area contributed by atoms with Crippen LogP contribution in [-0.2, 0) is 6.42 Å². The summed E-state index contributed by atoms with van der Waals surface area (Å²) in [5.41, 5.74) is 4.37. The smallest absolute Gasteiger partial charge is 0.254 e. The first-order valence-electron chi connectivity index (χ1n) is 8.58. The van der Waals surface area contributed by atoms with Crippen LogP contribution >= 0.6 is 12.4 Å². The molecule has 2 aromatic rings. The molecule has 25 heavy (non-hydrogen) atoms. The third kappa shape index (κ3) is 3.31. The number of methoxy groups -OCH3 is 1. The highest BCUT2D eigenvalue weighted by atomic mass is 35.5. The number of nitrogens with one attached hydrogen (secondary N) is 1. The highest BCUT2D eigenvalue weighted by molar-refractivity contribution is 5.95. The van der Waals surface area contributed by atoms with Crippen LogP contribution in [0.3, 0.4) is 0 Å². The highest BCUT2D eigenvalue weighted by Crippen LogP contribution is 2.35. The fraction of sp³-hybridized carbons (Fsp3) is 0.350. The number of fused-ring (bicyclic) bond motifs is 1. The zero-order chi connectivity index (χ0) is 16.5. The van der Waals surface area contributed by atoms with Crippen LogP contribution in [0.25, 0.3) is 0 Å². The number of halogens is 1. The van der Waals surface area contributed by atoms with Gasteiger partial charge in [0, 0.05) is 24.3 Å². The Morgan fingerprint density at radius 2 is 2.12 bits per heavy atom. The van der Waals surface area contributed by atoms with Gasteiger partial charge in [0.25, 0.3) is 5.91 Å². The van der Waals surface area contributed by atoms with Crippen LogP contribution in [0.1, 0.15) is 40.4 Å². The lowest BCUT2D eigenvalue weighted by Crippen LogP contribution is -2.30. The predicted molar refractivity (Wildman–Crippen MR) is 102 cm³/mol. The van der Waals surface area contributed by atoms with Crippen molar-refractivity contribution in [1.29, 1.82) is 0 Å². The Morgan fingerprint density at radius 3 is 2.96 bits per heavy atom. The SMILES string of the molecule is COc1cccc(C2CCCN2C(=O)c2ccc3c(c2)CCN3)c1.Cl. The minimum absolute atomic E-state index is 0. The molecule has 1 atom stereocenters. The number of benzene rings is 2. The molecular formula is C20H23ClN2O2. The Balaban J connectivity index is 0.00000182. The van der Waals surface area contributed by atoms with E-state index in [0.29, 0.717) is 0 Å². The number of likely N-dealkylation sites (tertiary alicyclic amines) is 1. The summed E-state index contributed by atoms with van der Waals surface area (Å²) in [6.45, 7) is 1.78. The molecule has 2 aliphatic rings. The van der Waals surface area contributed by atoms with Crippen molar-refractivity contribution >= 4 is 24.0 Å². The molecule has 132 valence electrons. The van der Waals surface area contributed by atoms with Crippen molar-refractivity contribution < 1.29 is 9.53 Å². The van der Waals surface area contributed by atoms with Crippen molar-refractivity contribution in [2.24, 2.45) is 0 Å². The molecule has 2 aliphatic heterocycles. The van der Waals surface area contributed by atoms with E-state index in [-0.39, 0.29) is 24.4 Å². The maximum absolute atomic E-state index is 13.1. The van der Waals surface area contributed by atoms with Gasteiger partial charge in [-0.05, 0) is 60.7 Å². The molecule has 1 unspecified atom stereocenters. The van der Waals surface area contributed by atoms with Crippen LogP contribution in [-0.4, -0.2) is 31.0 Å². The predicted octanol–water partition coefficient (Wildman–Crippen LogP) is 4.06. The maximum Gasteiger partial charge on any atom is 0.254 e. The molecule has 1 fully saturated rings. The zero-order valence-electron chi connectivity index (χ0n) is 14.3. The van der Waals surface area contributed by atoms with Crippen molar-refractivity contribution in [3.05, 3.63) is 59.2 Å². The monoisotopic (exact) mass is 358 g/mol. The van der Waals surface area contributed by atoms with Crippen LogP contribution in [0.2, 0.25) is 0 Å². The summed E-state index contributed by atoms with van der Waals surface area (Å²) >= 11 is 0. The minimum atomic E-state index is 0. The first-order chi connectivity index (χ1) is 11.8. The van der Waals surface area contributed by atoms with Gasteiger partial charge in [-0.3, -0.25) is 4.79 Å². The first kappa shape index (κ1) is 17.6. The standard InChI is InChI=1S/C20H22N2O2.ClH/c1-24-17-5-2-4-15(13-17)19-6-3-11-22(19)20(23)16-7-8-18-14(12-16)9-10-21-18;/h2,4-5,7-8,12-13,19,21H,3,6,9-11H2,1H3;1H. The van der Waals surface area contributed by atoms with E-state index in [0.717, 1.165) is 54.9 Å². The third-order valence-electron chi connectivity index (χ3n) is 5.05. The van der Waals surface area contributed by atoms with Gasteiger partial charge < -0.3 is 15.0 Å². The molecule has 1 N–H and O–H groups in total. The molecule has 0 aliphatic carbocycles.